The molecule has 1 heterocycles. The first-order valence-corrected chi connectivity index (χ1v) is 3.53. The molecule has 66 valence electrons. The monoisotopic (exact) mass is 182 g/mol. The Bertz CT molecular complexity index is 521. The number of benzene rings is 1. The van der Waals surface area contributed by atoms with Crippen LogP contribution in [-0.2, 0) is 0 Å². The fourth-order valence-corrected chi connectivity index (χ4v) is 1.07. The normalized spacial score (nSPS) is 10.6. The first kappa shape index (κ1) is 7.85. The van der Waals surface area contributed by atoms with E-state index in [1.807, 2.05) is 0 Å². The van der Waals surface area contributed by atoms with Crippen molar-refractivity contribution in [3.05, 3.63) is 40.6 Å². The van der Waals surface area contributed by atoms with Crippen molar-refractivity contribution in [2.24, 2.45) is 0 Å². The standard InChI is InChI=1S/C8H4F2N2O/c9-7-8(13)12(10)6-4-2-1-3-5(6)11-7/h1-4H. The van der Waals surface area contributed by atoms with E-state index in [0.29, 0.717) is 0 Å². The van der Waals surface area contributed by atoms with Crippen LogP contribution in [0.3, 0.4) is 0 Å². The second-order valence-electron chi connectivity index (χ2n) is 2.48. The van der Waals surface area contributed by atoms with Gasteiger partial charge in [0.1, 0.15) is 5.52 Å². The number of para-hydroxylation sites is 2. The van der Waals surface area contributed by atoms with Crippen molar-refractivity contribution < 1.29 is 8.87 Å². The van der Waals surface area contributed by atoms with Gasteiger partial charge in [-0.1, -0.05) is 16.6 Å². The first-order chi connectivity index (χ1) is 6.20. The van der Waals surface area contributed by atoms with Gasteiger partial charge in [0.05, 0.1) is 5.52 Å². The van der Waals surface area contributed by atoms with Gasteiger partial charge in [-0.2, -0.15) is 4.39 Å². The molecule has 0 N–H and O–H groups in total. The number of nitrogens with zero attached hydrogens (tertiary/aromatic N) is 2. The molecule has 5 heteroatoms. The molecule has 13 heavy (non-hydrogen) atoms. The third kappa shape index (κ3) is 1.09. The summed E-state index contributed by atoms with van der Waals surface area (Å²) in [6.45, 7) is 0. The highest BCUT2D eigenvalue weighted by Crippen LogP contribution is 2.08. The predicted molar refractivity (Wildman–Crippen MR) is 42.5 cm³/mol. The summed E-state index contributed by atoms with van der Waals surface area (Å²) in [6.07, 6.45) is 0. The molecule has 2 rings (SSSR count). The van der Waals surface area contributed by atoms with Crippen molar-refractivity contribution >= 4 is 11.0 Å². The van der Waals surface area contributed by atoms with Crippen LogP contribution < -0.4 is 5.56 Å². The zero-order valence-corrected chi connectivity index (χ0v) is 6.37. The number of halogens is 2. The molecule has 1 aromatic carbocycles. The maximum atomic E-state index is 13.0. The van der Waals surface area contributed by atoms with Crippen LogP contribution in [0.4, 0.5) is 8.87 Å². The second-order valence-corrected chi connectivity index (χ2v) is 2.48. The summed E-state index contributed by atoms with van der Waals surface area (Å²) >= 11 is 0. The molecule has 0 aliphatic carbocycles. The van der Waals surface area contributed by atoms with Gasteiger partial charge in [0, 0.05) is 0 Å². The Balaban J connectivity index is 3.02. The van der Waals surface area contributed by atoms with Crippen LogP contribution in [0.2, 0.25) is 0 Å². The molecule has 0 amide bonds. The van der Waals surface area contributed by atoms with Crippen LogP contribution in [-0.4, -0.2) is 9.77 Å². The summed E-state index contributed by atoms with van der Waals surface area (Å²) in [5, 5.41) is 0. The molecule has 0 atom stereocenters. The minimum absolute atomic E-state index is 0.0334. The predicted octanol–water partition coefficient (Wildman–Crippen LogP) is 1.27. The van der Waals surface area contributed by atoms with E-state index in [-0.39, 0.29) is 15.8 Å². The Morgan fingerprint density at radius 1 is 1.31 bits per heavy atom. The van der Waals surface area contributed by atoms with E-state index in [1.54, 1.807) is 6.07 Å². The van der Waals surface area contributed by atoms with E-state index >= 15 is 0 Å². The number of hydrogen-bond donors (Lipinski definition) is 0. The van der Waals surface area contributed by atoms with Crippen LogP contribution >= 0.6 is 0 Å². The van der Waals surface area contributed by atoms with Gasteiger partial charge >= 0.3 is 5.56 Å². The van der Waals surface area contributed by atoms with E-state index in [0.717, 1.165) is 0 Å². The summed E-state index contributed by atoms with van der Waals surface area (Å²) in [4.78, 5) is 13.8. The smallest absolute Gasteiger partial charge is 0.261 e. The van der Waals surface area contributed by atoms with Crippen LogP contribution in [0.15, 0.2) is 29.1 Å². The van der Waals surface area contributed by atoms with Crippen LogP contribution in [0.1, 0.15) is 0 Å². The molecule has 0 saturated heterocycles. The molecule has 0 unspecified atom stereocenters. The zero-order valence-electron chi connectivity index (χ0n) is 6.37. The lowest BCUT2D eigenvalue weighted by atomic mass is 10.3. The minimum Gasteiger partial charge on any atom is -0.261 e. The van der Waals surface area contributed by atoms with Gasteiger partial charge in [-0.15, -0.1) is 4.79 Å². The Labute approximate surface area is 71.2 Å². The minimum atomic E-state index is -1.36. The average molecular weight is 182 g/mol. The molecule has 0 fully saturated rings. The van der Waals surface area contributed by atoms with E-state index < -0.39 is 11.5 Å². The summed E-state index contributed by atoms with van der Waals surface area (Å²) in [6, 6.07) is 5.90. The van der Waals surface area contributed by atoms with Gasteiger partial charge in [-0.05, 0) is 12.1 Å². The van der Waals surface area contributed by atoms with Crippen molar-refractivity contribution in [3.8, 4) is 0 Å². The molecule has 0 aliphatic rings. The van der Waals surface area contributed by atoms with Gasteiger partial charge in [-0.3, -0.25) is 4.79 Å². The summed E-state index contributed by atoms with van der Waals surface area (Å²) < 4.78 is 25.6. The number of hydrogen-bond acceptors (Lipinski definition) is 2. The Morgan fingerprint density at radius 3 is 2.77 bits per heavy atom. The Kier molecular flexibility index (Phi) is 1.58. The molecule has 1 aromatic heterocycles. The second kappa shape index (κ2) is 2.62. The quantitative estimate of drug-likeness (QED) is 0.614. The van der Waals surface area contributed by atoms with Crippen LogP contribution in [0, 0.1) is 5.95 Å². The van der Waals surface area contributed by atoms with Gasteiger partial charge in [0.15, 0.2) is 0 Å². The fraction of sp³-hybridized carbons (Fsp3) is 0. The lowest BCUT2D eigenvalue weighted by molar-refractivity contribution is 0.353. The van der Waals surface area contributed by atoms with Crippen LogP contribution in [0.25, 0.3) is 11.0 Å². The molecule has 0 aliphatic heterocycles. The zero-order chi connectivity index (χ0) is 9.42. The van der Waals surface area contributed by atoms with E-state index in [4.69, 9.17) is 0 Å². The molecule has 0 spiro atoms. The molecule has 0 bridgehead atoms. The van der Waals surface area contributed by atoms with Crippen molar-refractivity contribution in [3.63, 3.8) is 0 Å². The maximum Gasteiger partial charge on any atom is 0.334 e. The van der Waals surface area contributed by atoms with E-state index in [2.05, 4.69) is 4.98 Å². The summed E-state index contributed by atoms with van der Waals surface area (Å²) in [7, 11) is 0. The third-order valence-corrected chi connectivity index (χ3v) is 1.67. The van der Waals surface area contributed by atoms with Crippen molar-refractivity contribution in [1.82, 2.24) is 9.77 Å². The summed E-state index contributed by atoms with van der Waals surface area (Å²) in [5.74, 6) is -1.33. The van der Waals surface area contributed by atoms with Crippen molar-refractivity contribution in [1.29, 1.82) is 0 Å². The number of fused-ring (bicyclic) bond motifs is 1. The van der Waals surface area contributed by atoms with Crippen LogP contribution in [0.5, 0.6) is 0 Å². The Hall–Kier alpha value is -1.78. The lowest BCUT2D eigenvalue weighted by Gasteiger charge is -1.98. The SMILES string of the molecule is O=c1c(F)nc2ccccc2n1F. The molecule has 2 aromatic rings. The topological polar surface area (TPSA) is 34.9 Å². The largest absolute Gasteiger partial charge is 0.334 e. The van der Waals surface area contributed by atoms with E-state index in [9.17, 15) is 13.7 Å². The maximum absolute atomic E-state index is 13.0. The van der Waals surface area contributed by atoms with Gasteiger partial charge in [-0.25, -0.2) is 4.98 Å². The van der Waals surface area contributed by atoms with E-state index in [1.165, 1.54) is 18.2 Å². The first-order valence-electron chi connectivity index (χ1n) is 3.53. The molecule has 0 radical (unpaired) electrons. The molecule has 3 nitrogen and oxygen atoms in total. The molecular weight excluding hydrogens is 178 g/mol. The average Bonchev–Trinajstić information content (AvgIpc) is 2.15. The number of aromatic nitrogens is 2. The Morgan fingerprint density at radius 2 is 2.00 bits per heavy atom. The highest BCUT2D eigenvalue weighted by Gasteiger charge is 2.08. The lowest BCUT2D eigenvalue weighted by Crippen LogP contribution is -2.19. The molecular formula is C8H4F2N2O. The van der Waals surface area contributed by atoms with Gasteiger partial charge < -0.3 is 0 Å². The van der Waals surface area contributed by atoms with Gasteiger partial charge in [0.2, 0.25) is 0 Å². The van der Waals surface area contributed by atoms with Crippen molar-refractivity contribution in [2.45, 2.75) is 0 Å². The fourth-order valence-electron chi connectivity index (χ4n) is 1.07. The van der Waals surface area contributed by atoms with Crippen molar-refractivity contribution in [2.75, 3.05) is 0 Å². The summed E-state index contributed by atoms with van der Waals surface area (Å²) in [5.41, 5.74) is -1.28. The highest BCUT2D eigenvalue weighted by atomic mass is 19.2. The highest BCUT2D eigenvalue weighted by molar-refractivity contribution is 5.73. The number of rotatable bonds is 0. The molecule has 0 saturated carbocycles. The van der Waals surface area contributed by atoms with Gasteiger partial charge in [0.25, 0.3) is 5.95 Å². The third-order valence-electron chi connectivity index (χ3n) is 1.67.